The summed E-state index contributed by atoms with van der Waals surface area (Å²) in [6, 6.07) is 0. The fourth-order valence-corrected chi connectivity index (χ4v) is 12.8. The molecular formula is C39H66O17S. The summed E-state index contributed by atoms with van der Waals surface area (Å²) in [4.78, 5) is 0. The first-order chi connectivity index (χ1) is 26.6. The van der Waals surface area contributed by atoms with Gasteiger partial charge in [0, 0.05) is 31.3 Å². The summed E-state index contributed by atoms with van der Waals surface area (Å²) < 4.78 is 66.3. The van der Waals surface area contributed by atoms with E-state index in [9.17, 15) is 53.8 Å². The molecule has 9 N–H and O–H groups in total. The quantitative estimate of drug-likeness (QED) is 0.0875. The van der Waals surface area contributed by atoms with Crippen LogP contribution in [0, 0.1) is 46.3 Å². The van der Waals surface area contributed by atoms with Crippen molar-refractivity contribution in [3.63, 3.8) is 0 Å². The van der Waals surface area contributed by atoms with Crippen LogP contribution in [0.1, 0.15) is 79.1 Å². The normalized spacial score (nSPS) is 50.0. The van der Waals surface area contributed by atoms with E-state index in [2.05, 4.69) is 20.4 Å². The topological polar surface area (TPSA) is 272 Å². The zero-order valence-electron chi connectivity index (χ0n) is 33.6. The van der Waals surface area contributed by atoms with E-state index in [1.54, 1.807) is 0 Å². The molecular weight excluding hydrogens is 772 g/mol. The van der Waals surface area contributed by atoms with Crippen molar-refractivity contribution in [3.05, 3.63) is 12.2 Å². The van der Waals surface area contributed by atoms with Gasteiger partial charge < -0.3 is 64.5 Å². The summed E-state index contributed by atoms with van der Waals surface area (Å²) in [5.74, 6) is -1.32. The number of hydrogen-bond acceptors (Lipinski definition) is 16. The fraction of sp³-hybridized carbons (Fsp3) is 0.949. The van der Waals surface area contributed by atoms with E-state index in [4.69, 9.17) is 27.9 Å². The van der Waals surface area contributed by atoms with Crippen LogP contribution in [0.15, 0.2) is 12.2 Å². The maximum absolute atomic E-state index is 12.6. The summed E-state index contributed by atoms with van der Waals surface area (Å²) >= 11 is 0. The first-order valence-corrected chi connectivity index (χ1v) is 21.8. The van der Waals surface area contributed by atoms with Gasteiger partial charge in [-0.3, -0.25) is 4.55 Å². The summed E-state index contributed by atoms with van der Waals surface area (Å²) in [5, 5.41) is 88.3. The summed E-state index contributed by atoms with van der Waals surface area (Å²) in [6.07, 6.45) is -10.9. The Morgan fingerprint density at radius 2 is 1.49 bits per heavy atom. The van der Waals surface area contributed by atoms with Crippen molar-refractivity contribution in [1.82, 2.24) is 0 Å². The highest BCUT2D eigenvalue weighted by Crippen LogP contribution is 2.70. The van der Waals surface area contributed by atoms with Crippen LogP contribution in [0.2, 0.25) is 0 Å². The highest BCUT2D eigenvalue weighted by molar-refractivity contribution is 7.80. The van der Waals surface area contributed by atoms with Crippen LogP contribution in [0.5, 0.6) is 0 Å². The molecule has 2 heterocycles. The van der Waals surface area contributed by atoms with E-state index in [0.717, 1.165) is 18.4 Å². The van der Waals surface area contributed by atoms with Gasteiger partial charge in [0.25, 0.3) is 0 Å². The Morgan fingerprint density at radius 1 is 0.842 bits per heavy atom. The van der Waals surface area contributed by atoms with Gasteiger partial charge in [-0.2, -0.15) is 8.42 Å². The number of aliphatic hydroxyl groups excluding tert-OH is 7. The Morgan fingerprint density at radius 3 is 2.16 bits per heavy atom. The highest BCUT2D eigenvalue weighted by Gasteiger charge is 2.71. The predicted octanol–water partition coefficient (Wildman–Crippen LogP) is 0.0422. The molecule has 2 saturated heterocycles. The lowest BCUT2D eigenvalue weighted by Gasteiger charge is -2.66. The molecule has 6 rings (SSSR count). The van der Waals surface area contributed by atoms with Crippen molar-refractivity contribution in [3.8, 4) is 0 Å². The van der Waals surface area contributed by atoms with Crippen molar-refractivity contribution in [2.75, 3.05) is 26.9 Å². The second kappa shape index (κ2) is 17.1. The third-order valence-electron chi connectivity index (χ3n) is 15.2. The third-order valence-corrected chi connectivity index (χ3v) is 15.7. The van der Waals surface area contributed by atoms with E-state index < -0.39 is 119 Å². The standard InChI is InChI=1S/C39H66O17S/c1-18(20(3)15-52-35-33(31(26(44)17-53-35)56-57(48,49)50)55-36-32(51-6)30(46)25(43)16-54-36)7-8-19(2)21-13-23(41)34-37(21,4)12-10-27-38(5)11-9-22(40)29(45)28(38)24(42)14-39(27,34)47/h19-36,40-47H,1,7-17H2,2-6H3,(H,48,49,50)/t19-,20+,21-,22+,23-,24+,25-,26-,27-,28+,29+,30+,31-,32-,33+,34-,35-,36+,37-,38-,39+/m1/s1. The lowest BCUT2D eigenvalue weighted by molar-refractivity contribution is -0.343. The molecule has 0 aromatic heterocycles. The Kier molecular flexibility index (Phi) is 13.7. The van der Waals surface area contributed by atoms with E-state index in [1.807, 2.05) is 13.8 Å². The number of methoxy groups -OCH3 is 1. The van der Waals surface area contributed by atoms with Gasteiger partial charge >= 0.3 is 10.4 Å². The summed E-state index contributed by atoms with van der Waals surface area (Å²) in [5.41, 5.74) is -1.48. The van der Waals surface area contributed by atoms with Crippen LogP contribution >= 0.6 is 0 Å². The van der Waals surface area contributed by atoms with Crippen molar-refractivity contribution in [1.29, 1.82) is 0 Å². The molecule has 21 atom stereocenters. The average molecular weight is 839 g/mol. The molecule has 6 fully saturated rings. The monoisotopic (exact) mass is 838 g/mol. The second-order valence-corrected chi connectivity index (χ2v) is 19.7. The fourth-order valence-electron chi connectivity index (χ4n) is 12.3. The van der Waals surface area contributed by atoms with Crippen molar-refractivity contribution in [2.24, 2.45) is 46.3 Å². The first-order valence-electron chi connectivity index (χ1n) is 20.4. The summed E-state index contributed by atoms with van der Waals surface area (Å²) in [7, 11) is -3.83. The lowest BCUT2D eigenvalue weighted by Crippen LogP contribution is -2.70. The van der Waals surface area contributed by atoms with Crippen LogP contribution in [0.25, 0.3) is 0 Å². The lowest BCUT2D eigenvalue weighted by atomic mass is 9.41. The maximum atomic E-state index is 12.6. The van der Waals surface area contributed by atoms with Crippen molar-refractivity contribution < 1.29 is 81.7 Å². The predicted molar refractivity (Wildman–Crippen MR) is 199 cm³/mol. The van der Waals surface area contributed by atoms with Gasteiger partial charge in [0.15, 0.2) is 12.6 Å². The van der Waals surface area contributed by atoms with Crippen LogP contribution in [0.3, 0.4) is 0 Å². The molecule has 0 spiro atoms. The molecule has 17 nitrogen and oxygen atoms in total. The van der Waals surface area contributed by atoms with Crippen LogP contribution in [-0.4, -0.2) is 160 Å². The molecule has 0 unspecified atom stereocenters. The van der Waals surface area contributed by atoms with E-state index in [1.165, 1.54) is 7.11 Å². The molecule has 0 bridgehead atoms. The molecule has 6 aliphatic rings. The van der Waals surface area contributed by atoms with Gasteiger partial charge in [-0.15, -0.1) is 0 Å². The molecule has 57 heavy (non-hydrogen) atoms. The molecule has 0 aromatic carbocycles. The average Bonchev–Trinajstić information content (AvgIpc) is 3.41. The molecule has 0 radical (unpaired) electrons. The van der Waals surface area contributed by atoms with E-state index in [-0.39, 0.29) is 43.3 Å². The number of ether oxygens (including phenoxy) is 5. The SMILES string of the molecule is C=C(CC[C@@H](C)[C@H]1C[C@@H](O)[C@@H]2[C@]1(C)CC[C@@H]1[C@@]3(C)CC[C@H](O)[C@H](O)[C@@H]3[C@@H](O)C[C@]12O)[C@@H](C)CO[C@@H]1OC[C@@H](O)[C@@H](OS(=O)(=O)O)[C@@H]1O[C@@H]1OC[C@@H](O)[C@H](O)[C@H]1OC. The van der Waals surface area contributed by atoms with Crippen LogP contribution in [0.4, 0.5) is 0 Å². The van der Waals surface area contributed by atoms with Gasteiger partial charge in [0.2, 0.25) is 0 Å². The van der Waals surface area contributed by atoms with Gasteiger partial charge in [0.05, 0.1) is 49.8 Å². The minimum Gasteiger partial charge on any atom is -0.393 e. The van der Waals surface area contributed by atoms with Crippen LogP contribution in [-0.2, 0) is 38.3 Å². The molecule has 4 aliphatic carbocycles. The Balaban J connectivity index is 1.09. The van der Waals surface area contributed by atoms with Crippen molar-refractivity contribution >= 4 is 10.4 Å². The van der Waals surface area contributed by atoms with Gasteiger partial charge in [-0.25, -0.2) is 4.18 Å². The summed E-state index contributed by atoms with van der Waals surface area (Å²) in [6.45, 7) is 11.8. The number of fused-ring (bicyclic) bond motifs is 5. The molecule has 330 valence electrons. The van der Waals surface area contributed by atoms with E-state index in [0.29, 0.717) is 32.1 Å². The molecule has 4 saturated carbocycles. The smallest absolute Gasteiger partial charge is 0.393 e. The number of hydrogen-bond donors (Lipinski definition) is 9. The molecule has 2 aliphatic heterocycles. The third kappa shape index (κ3) is 8.51. The van der Waals surface area contributed by atoms with Gasteiger partial charge in [0.1, 0.15) is 36.6 Å². The second-order valence-electron chi connectivity index (χ2n) is 18.6. The van der Waals surface area contributed by atoms with E-state index >= 15 is 0 Å². The molecule has 0 aromatic rings. The Bertz CT molecular complexity index is 1520. The zero-order chi connectivity index (χ0) is 42.0. The largest absolute Gasteiger partial charge is 0.397 e. The Hall–Kier alpha value is -0.910. The first kappa shape index (κ1) is 45.6. The molecule has 0 amide bonds. The molecule has 18 heteroatoms. The minimum absolute atomic E-state index is 0.0250. The van der Waals surface area contributed by atoms with Gasteiger partial charge in [-0.05, 0) is 73.5 Å². The minimum atomic E-state index is -5.08. The zero-order valence-corrected chi connectivity index (χ0v) is 34.4. The van der Waals surface area contributed by atoms with Crippen LogP contribution < -0.4 is 0 Å². The number of aliphatic hydroxyl groups is 8. The number of rotatable bonds is 13. The Labute approximate surface area is 335 Å². The van der Waals surface area contributed by atoms with Gasteiger partial charge in [-0.1, -0.05) is 39.8 Å². The van der Waals surface area contributed by atoms with Crippen molar-refractivity contribution in [2.45, 2.75) is 158 Å². The highest BCUT2D eigenvalue weighted by atomic mass is 32.3. The maximum Gasteiger partial charge on any atom is 0.397 e.